The Labute approximate surface area is 153 Å². The molecule has 0 radical (unpaired) electrons. The summed E-state index contributed by atoms with van der Waals surface area (Å²) in [7, 11) is 0. The summed E-state index contributed by atoms with van der Waals surface area (Å²) in [6.07, 6.45) is 9.90. The first-order valence-corrected chi connectivity index (χ1v) is 9.80. The number of hydrogen-bond acceptors (Lipinski definition) is 3. The summed E-state index contributed by atoms with van der Waals surface area (Å²) < 4.78 is 5.69. The lowest BCUT2D eigenvalue weighted by Gasteiger charge is -2.42. The maximum Gasteiger partial charge on any atom is 0.303 e. The summed E-state index contributed by atoms with van der Waals surface area (Å²) in [6, 6.07) is 0. The Bertz CT molecular complexity index is 560. The first-order chi connectivity index (χ1) is 11.6. The maximum atomic E-state index is 11.7. The normalized spacial score (nSPS) is 37.0. The SMILES string of the molecule is CC(=O)OC1CC2C(C)(CC=C(C)CCC=C1C)CCC2(O)C(C)C. The molecule has 0 amide bonds. The molecule has 0 saturated heterocycles. The first kappa shape index (κ1) is 20.2. The quantitative estimate of drug-likeness (QED) is 0.552. The van der Waals surface area contributed by atoms with E-state index >= 15 is 0 Å². The van der Waals surface area contributed by atoms with Crippen LogP contribution in [0.3, 0.4) is 0 Å². The number of esters is 1. The van der Waals surface area contributed by atoms with Gasteiger partial charge < -0.3 is 9.84 Å². The van der Waals surface area contributed by atoms with Crippen molar-refractivity contribution in [1.29, 1.82) is 0 Å². The summed E-state index contributed by atoms with van der Waals surface area (Å²) in [5.41, 5.74) is 1.88. The van der Waals surface area contributed by atoms with Crippen LogP contribution in [0.5, 0.6) is 0 Å². The van der Waals surface area contributed by atoms with E-state index in [9.17, 15) is 9.90 Å². The molecule has 1 fully saturated rings. The Morgan fingerprint density at radius 3 is 2.56 bits per heavy atom. The van der Waals surface area contributed by atoms with Gasteiger partial charge in [0.05, 0.1) is 5.60 Å². The third kappa shape index (κ3) is 4.36. The minimum absolute atomic E-state index is 0.0449. The molecular formula is C22H36O3. The standard InChI is InChI=1S/C22H36O3/c1-15(2)22(24)13-12-21(6)11-10-16(3)8-7-9-17(4)19(14-20(21)22)25-18(5)23/h9-10,15,19-20,24H,7-8,11-14H2,1-6H3. The molecule has 2 aliphatic carbocycles. The van der Waals surface area contributed by atoms with Gasteiger partial charge in [0.2, 0.25) is 0 Å². The van der Waals surface area contributed by atoms with Crippen LogP contribution in [0.1, 0.15) is 80.1 Å². The second kappa shape index (κ2) is 7.65. The average Bonchev–Trinajstić information content (AvgIpc) is 2.77. The number of aliphatic hydroxyl groups is 1. The lowest BCUT2D eigenvalue weighted by Crippen LogP contribution is -2.45. The van der Waals surface area contributed by atoms with Crippen molar-refractivity contribution < 1.29 is 14.6 Å². The van der Waals surface area contributed by atoms with Crippen LogP contribution in [0, 0.1) is 17.3 Å². The van der Waals surface area contributed by atoms with Crippen molar-refractivity contribution in [2.75, 3.05) is 0 Å². The van der Waals surface area contributed by atoms with Crippen LogP contribution in [0.2, 0.25) is 0 Å². The number of ether oxygens (including phenoxy) is 1. The highest BCUT2D eigenvalue weighted by atomic mass is 16.5. The van der Waals surface area contributed by atoms with E-state index < -0.39 is 5.60 Å². The van der Waals surface area contributed by atoms with E-state index in [0.29, 0.717) is 6.42 Å². The fraction of sp³-hybridized carbons (Fsp3) is 0.773. The zero-order valence-corrected chi connectivity index (χ0v) is 16.9. The lowest BCUT2D eigenvalue weighted by atomic mass is 9.67. The molecule has 0 bridgehead atoms. The number of fused-ring (bicyclic) bond motifs is 1. The third-order valence-corrected chi connectivity index (χ3v) is 6.73. The van der Waals surface area contributed by atoms with Gasteiger partial charge in [0, 0.05) is 6.92 Å². The van der Waals surface area contributed by atoms with Gasteiger partial charge in [0.15, 0.2) is 0 Å². The summed E-state index contributed by atoms with van der Waals surface area (Å²) in [5, 5.41) is 11.5. The van der Waals surface area contributed by atoms with Gasteiger partial charge in [-0.1, -0.05) is 38.5 Å². The highest BCUT2D eigenvalue weighted by Crippen LogP contribution is 2.56. The number of rotatable bonds is 2. The molecule has 0 heterocycles. The van der Waals surface area contributed by atoms with E-state index in [-0.39, 0.29) is 29.3 Å². The number of carbonyl (C=O) groups is 1. The molecule has 4 unspecified atom stereocenters. The maximum absolute atomic E-state index is 11.7. The van der Waals surface area contributed by atoms with Crippen molar-refractivity contribution in [1.82, 2.24) is 0 Å². The zero-order chi connectivity index (χ0) is 18.8. The Balaban J connectivity index is 2.45. The number of carbonyl (C=O) groups excluding carboxylic acids is 1. The van der Waals surface area contributed by atoms with Crippen LogP contribution in [0.15, 0.2) is 23.3 Å². The topological polar surface area (TPSA) is 46.5 Å². The Morgan fingerprint density at radius 1 is 1.28 bits per heavy atom. The van der Waals surface area contributed by atoms with Gasteiger partial charge in [-0.3, -0.25) is 4.79 Å². The second-order valence-corrected chi connectivity index (χ2v) is 8.93. The van der Waals surface area contributed by atoms with E-state index in [1.165, 1.54) is 12.5 Å². The Kier molecular flexibility index (Phi) is 6.19. The number of hydrogen-bond donors (Lipinski definition) is 1. The minimum Gasteiger partial charge on any atom is -0.458 e. The van der Waals surface area contributed by atoms with Crippen molar-refractivity contribution in [3.63, 3.8) is 0 Å². The van der Waals surface area contributed by atoms with E-state index in [4.69, 9.17) is 4.74 Å². The third-order valence-electron chi connectivity index (χ3n) is 6.73. The van der Waals surface area contributed by atoms with E-state index in [2.05, 4.69) is 46.8 Å². The summed E-state index contributed by atoms with van der Waals surface area (Å²) in [6.45, 7) is 12.3. The van der Waals surface area contributed by atoms with Gasteiger partial charge in [-0.15, -0.1) is 0 Å². The van der Waals surface area contributed by atoms with Gasteiger partial charge in [0.1, 0.15) is 6.10 Å². The molecular weight excluding hydrogens is 312 g/mol. The largest absolute Gasteiger partial charge is 0.458 e. The van der Waals surface area contributed by atoms with E-state index in [1.807, 2.05) is 0 Å². The van der Waals surface area contributed by atoms with Gasteiger partial charge >= 0.3 is 5.97 Å². The van der Waals surface area contributed by atoms with Crippen LogP contribution >= 0.6 is 0 Å². The predicted octanol–water partition coefficient (Wildman–Crippen LogP) is 5.19. The highest BCUT2D eigenvalue weighted by molar-refractivity contribution is 5.66. The smallest absolute Gasteiger partial charge is 0.303 e. The predicted molar refractivity (Wildman–Crippen MR) is 102 cm³/mol. The lowest BCUT2D eigenvalue weighted by molar-refractivity contribution is -0.148. The molecule has 25 heavy (non-hydrogen) atoms. The van der Waals surface area contributed by atoms with Crippen LogP contribution in [0.4, 0.5) is 0 Å². The Morgan fingerprint density at radius 2 is 1.96 bits per heavy atom. The molecule has 0 aromatic carbocycles. The van der Waals surface area contributed by atoms with Crippen molar-refractivity contribution in [2.24, 2.45) is 17.3 Å². The minimum atomic E-state index is -0.691. The van der Waals surface area contributed by atoms with Crippen molar-refractivity contribution in [3.05, 3.63) is 23.3 Å². The van der Waals surface area contributed by atoms with Gasteiger partial charge in [-0.05, 0) is 75.2 Å². The van der Waals surface area contributed by atoms with E-state index in [1.54, 1.807) is 0 Å². The van der Waals surface area contributed by atoms with Crippen LogP contribution < -0.4 is 0 Å². The van der Waals surface area contributed by atoms with Gasteiger partial charge in [0.25, 0.3) is 0 Å². The summed E-state index contributed by atoms with van der Waals surface area (Å²) in [5.74, 6) is 0.0707. The highest BCUT2D eigenvalue weighted by Gasteiger charge is 2.55. The van der Waals surface area contributed by atoms with E-state index in [0.717, 1.165) is 37.7 Å². The molecule has 2 rings (SSSR count). The van der Waals surface area contributed by atoms with Crippen molar-refractivity contribution in [2.45, 2.75) is 91.8 Å². The molecule has 4 atom stereocenters. The van der Waals surface area contributed by atoms with Gasteiger partial charge in [-0.2, -0.15) is 0 Å². The fourth-order valence-electron chi connectivity index (χ4n) is 4.77. The molecule has 3 nitrogen and oxygen atoms in total. The van der Waals surface area contributed by atoms with Crippen LogP contribution in [-0.4, -0.2) is 22.8 Å². The molecule has 0 aromatic heterocycles. The summed E-state index contributed by atoms with van der Waals surface area (Å²) in [4.78, 5) is 11.7. The molecule has 1 saturated carbocycles. The fourth-order valence-corrected chi connectivity index (χ4v) is 4.77. The van der Waals surface area contributed by atoms with Crippen LogP contribution in [-0.2, 0) is 9.53 Å². The summed E-state index contributed by atoms with van der Waals surface area (Å²) >= 11 is 0. The molecule has 3 heteroatoms. The molecule has 0 spiro atoms. The molecule has 1 N–H and O–H groups in total. The zero-order valence-electron chi connectivity index (χ0n) is 16.9. The molecule has 0 aromatic rings. The monoisotopic (exact) mass is 348 g/mol. The average molecular weight is 349 g/mol. The van der Waals surface area contributed by atoms with Crippen molar-refractivity contribution in [3.8, 4) is 0 Å². The molecule has 142 valence electrons. The van der Waals surface area contributed by atoms with Gasteiger partial charge in [-0.25, -0.2) is 0 Å². The molecule has 0 aliphatic heterocycles. The van der Waals surface area contributed by atoms with Crippen molar-refractivity contribution >= 4 is 5.97 Å². The Hall–Kier alpha value is -1.09. The van der Waals surface area contributed by atoms with Crippen LogP contribution in [0.25, 0.3) is 0 Å². The second-order valence-electron chi connectivity index (χ2n) is 8.93. The molecule has 2 aliphatic rings. The first-order valence-electron chi connectivity index (χ1n) is 9.80. The number of allylic oxidation sites excluding steroid dienone is 3.